The van der Waals surface area contributed by atoms with Crippen molar-refractivity contribution in [2.24, 2.45) is 5.73 Å². The lowest BCUT2D eigenvalue weighted by Crippen LogP contribution is -2.33. The molecular weight excluding hydrogens is 164 g/mol. The van der Waals surface area contributed by atoms with Crippen LogP contribution in [-0.2, 0) is 4.79 Å². The van der Waals surface area contributed by atoms with Crippen molar-refractivity contribution in [2.75, 3.05) is 12.7 Å². The zero-order valence-electron chi connectivity index (χ0n) is 5.13. The molecule has 0 radical (unpaired) electrons. The van der Waals surface area contributed by atoms with Crippen LogP contribution in [0.3, 0.4) is 0 Å². The lowest BCUT2D eigenvalue weighted by molar-refractivity contribution is -0.139. The summed E-state index contributed by atoms with van der Waals surface area (Å²) in [5.41, 5.74) is 4.77. The van der Waals surface area contributed by atoms with Crippen molar-refractivity contribution in [2.45, 2.75) is 6.04 Å². The Labute approximate surface area is 62.4 Å². The van der Waals surface area contributed by atoms with Gasteiger partial charge in [0, 0.05) is 0 Å². The molecule has 6 heteroatoms. The van der Waals surface area contributed by atoms with Crippen molar-refractivity contribution >= 4 is 17.6 Å². The number of carboxylic acids is 1. The Balaban J connectivity index is 0. The average molecular weight is 174 g/mol. The summed E-state index contributed by atoms with van der Waals surface area (Å²) in [4.78, 5) is 9.65. The predicted molar refractivity (Wildman–Crippen MR) is 34.5 cm³/mol. The van der Waals surface area contributed by atoms with Crippen LogP contribution < -0.4 is 5.73 Å². The van der Waals surface area contributed by atoms with E-state index in [9.17, 15) is 9.18 Å². The quantitative estimate of drug-likeness (QED) is 0.494. The summed E-state index contributed by atoms with van der Waals surface area (Å²) < 4.78 is 10.1. The van der Waals surface area contributed by atoms with Gasteiger partial charge in [-0.25, -0.2) is 4.39 Å². The van der Waals surface area contributed by atoms with Gasteiger partial charge in [0.25, 0.3) is 0 Å². The van der Waals surface area contributed by atoms with Gasteiger partial charge in [-0.2, -0.15) is 0 Å². The van der Waals surface area contributed by atoms with E-state index >= 15 is 0 Å². The predicted octanol–water partition coefficient (Wildman–Crippen LogP) is -0.457. The maximum Gasteiger partial charge on any atom is 0.322 e. The molecule has 0 aromatic heterocycles. The molecule has 0 rings (SSSR count). The Hall–Kier alpha value is -0.390. The van der Waals surface area contributed by atoms with E-state index in [2.05, 4.69) is 11.6 Å². The number of aliphatic hydroxyl groups is 1. The van der Waals surface area contributed by atoms with E-state index in [0.29, 0.717) is 0 Å². The number of aliphatic hydroxyl groups excluding tert-OH is 1. The van der Waals surface area contributed by atoms with Crippen LogP contribution in [0.4, 0.5) is 4.39 Å². The molecule has 62 valence electrons. The van der Waals surface area contributed by atoms with Crippen LogP contribution in [0, 0.1) is 0 Å². The number of rotatable bonds is 2. The van der Waals surface area contributed by atoms with Crippen LogP contribution in [0.15, 0.2) is 0 Å². The first-order valence-electron chi connectivity index (χ1n) is 2.31. The molecule has 0 aliphatic carbocycles. The molecule has 1 atom stereocenters. The topological polar surface area (TPSA) is 83.5 Å². The van der Waals surface area contributed by atoms with Gasteiger partial charge in [-0.15, -0.1) is 0 Å². The van der Waals surface area contributed by atoms with Crippen LogP contribution in [0.5, 0.6) is 0 Å². The fourth-order valence-corrected chi connectivity index (χ4v) is 0.0781. The molecule has 0 heterocycles. The van der Waals surface area contributed by atoms with E-state index in [1.165, 1.54) is 0 Å². The molecule has 0 fully saturated rings. The number of alkyl halides is 2. The van der Waals surface area contributed by atoms with E-state index in [-0.39, 0.29) is 0 Å². The Morgan fingerprint density at radius 3 is 2.10 bits per heavy atom. The number of carboxylic acid groups (broad SMARTS) is 1. The molecule has 0 aliphatic heterocycles. The smallest absolute Gasteiger partial charge is 0.322 e. The lowest BCUT2D eigenvalue weighted by atomic mass is 10.3. The van der Waals surface area contributed by atoms with Crippen molar-refractivity contribution in [3.8, 4) is 0 Å². The summed E-state index contributed by atoms with van der Waals surface area (Å²) in [7, 11) is 0. The van der Waals surface area contributed by atoms with E-state index in [1.54, 1.807) is 0 Å². The van der Waals surface area contributed by atoms with Crippen LogP contribution in [0.2, 0.25) is 0 Å². The zero-order valence-corrected chi connectivity index (χ0v) is 5.88. The highest BCUT2D eigenvalue weighted by atomic mass is 35.5. The van der Waals surface area contributed by atoms with Crippen molar-refractivity contribution in [3.63, 3.8) is 0 Å². The van der Waals surface area contributed by atoms with E-state index in [4.69, 9.17) is 15.9 Å². The summed E-state index contributed by atoms with van der Waals surface area (Å²) in [6.45, 7) is -0.505. The molecule has 0 amide bonds. The van der Waals surface area contributed by atoms with Gasteiger partial charge in [-0.05, 0) is 0 Å². The molecule has 4 nitrogen and oxygen atoms in total. The third-order valence-corrected chi connectivity index (χ3v) is 0.514. The summed E-state index contributed by atoms with van der Waals surface area (Å²) >= 11 is 4.33. The average Bonchev–Trinajstić information content (AvgIpc) is 1.88. The van der Waals surface area contributed by atoms with Gasteiger partial charge in [0.1, 0.15) is 6.04 Å². The van der Waals surface area contributed by atoms with Gasteiger partial charge in [0.15, 0.2) is 6.13 Å². The minimum absolute atomic E-state index is 0.505. The largest absolute Gasteiger partial charge is 0.480 e. The van der Waals surface area contributed by atoms with Crippen molar-refractivity contribution < 1.29 is 19.4 Å². The standard InChI is InChI=1S/C3H7NO3.CH2ClF/c4-2(1-5)3(6)7;2-1-3/h2,5H,1,4H2,(H,6,7);1H2/t2-;/m0./s1. The van der Waals surface area contributed by atoms with Gasteiger partial charge in [-0.1, -0.05) is 11.6 Å². The molecule has 0 spiro atoms. The van der Waals surface area contributed by atoms with E-state index in [0.717, 1.165) is 0 Å². The van der Waals surface area contributed by atoms with Gasteiger partial charge in [0.05, 0.1) is 6.61 Å². The van der Waals surface area contributed by atoms with Crippen LogP contribution in [0.1, 0.15) is 0 Å². The maximum atomic E-state index is 10.1. The van der Waals surface area contributed by atoms with E-state index in [1.807, 2.05) is 0 Å². The number of carbonyl (C=O) groups is 1. The SMILES string of the molecule is FCCl.N[C@@H](CO)C(=O)O. The highest BCUT2D eigenvalue weighted by molar-refractivity contribution is 6.16. The second kappa shape index (κ2) is 8.61. The highest BCUT2D eigenvalue weighted by Gasteiger charge is 2.06. The molecule has 0 aromatic rings. The molecule has 0 bridgehead atoms. The van der Waals surface area contributed by atoms with Crippen LogP contribution >= 0.6 is 11.6 Å². The van der Waals surface area contributed by atoms with Crippen molar-refractivity contribution in [1.82, 2.24) is 0 Å². The first-order chi connectivity index (χ1) is 4.59. The zero-order chi connectivity index (χ0) is 8.57. The minimum Gasteiger partial charge on any atom is -0.480 e. The normalized spacial score (nSPS) is 11.2. The Morgan fingerprint density at radius 1 is 1.80 bits per heavy atom. The number of hydrogen-bond donors (Lipinski definition) is 3. The molecule has 0 saturated carbocycles. The number of halogens is 2. The molecule has 10 heavy (non-hydrogen) atoms. The van der Waals surface area contributed by atoms with Crippen LogP contribution in [0.25, 0.3) is 0 Å². The Bertz CT molecular complexity index is 92.6. The first kappa shape index (κ1) is 12.3. The number of hydrogen-bond acceptors (Lipinski definition) is 3. The molecule has 0 aromatic carbocycles. The minimum atomic E-state index is -1.18. The Morgan fingerprint density at radius 2 is 2.10 bits per heavy atom. The monoisotopic (exact) mass is 173 g/mol. The maximum absolute atomic E-state index is 10.1. The van der Waals surface area contributed by atoms with Gasteiger partial charge in [-0.3, -0.25) is 4.79 Å². The summed E-state index contributed by atoms with van der Waals surface area (Å²) in [5, 5.41) is 15.9. The number of nitrogens with two attached hydrogens (primary N) is 1. The fraction of sp³-hybridized carbons (Fsp3) is 0.750. The van der Waals surface area contributed by atoms with Crippen molar-refractivity contribution in [1.29, 1.82) is 0 Å². The highest BCUT2D eigenvalue weighted by Crippen LogP contribution is 1.71. The van der Waals surface area contributed by atoms with Crippen molar-refractivity contribution in [3.05, 3.63) is 0 Å². The fourth-order valence-electron chi connectivity index (χ4n) is 0.0781. The van der Waals surface area contributed by atoms with Gasteiger partial charge < -0.3 is 15.9 Å². The van der Waals surface area contributed by atoms with Gasteiger partial charge >= 0.3 is 5.97 Å². The third kappa shape index (κ3) is 10.6. The lowest BCUT2D eigenvalue weighted by Gasteiger charge is -1.96. The second-order valence-corrected chi connectivity index (χ2v) is 1.43. The Kier molecular flexibility index (Phi) is 10.6. The molecule has 0 unspecified atom stereocenters. The molecule has 4 N–H and O–H groups in total. The van der Waals surface area contributed by atoms with Gasteiger partial charge in [0.2, 0.25) is 0 Å². The van der Waals surface area contributed by atoms with E-state index < -0.39 is 24.8 Å². The third-order valence-electron chi connectivity index (χ3n) is 0.514. The molecule has 0 saturated heterocycles. The summed E-state index contributed by atoms with van der Waals surface area (Å²) in [6.07, 6.45) is -0.778. The first-order valence-corrected chi connectivity index (χ1v) is 2.84. The van der Waals surface area contributed by atoms with Crippen LogP contribution in [-0.4, -0.2) is 35.0 Å². The molecular formula is C4H9ClFNO3. The summed E-state index contributed by atoms with van der Waals surface area (Å²) in [6, 6.07) is -1.13. The number of aliphatic carboxylic acids is 1. The second-order valence-electron chi connectivity index (χ2n) is 1.23. The molecule has 0 aliphatic rings. The summed E-state index contributed by atoms with van der Waals surface area (Å²) in [5.74, 6) is -1.18.